The van der Waals surface area contributed by atoms with Crippen LogP contribution in [0.2, 0.25) is 0 Å². The van der Waals surface area contributed by atoms with E-state index in [9.17, 15) is 35.9 Å². The fourth-order valence-corrected chi connectivity index (χ4v) is 4.43. The summed E-state index contributed by atoms with van der Waals surface area (Å²) in [5.41, 5.74) is -4.43. The number of alkyl halides is 6. The van der Waals surface area contributed by atoms with Crippen molar-refractivity contribution >= 4 is 11.6 Å². The van der Waals surface area contributed by atoms with Crippen LogP contribution in [0.5, 0.6) is 0 Å². The topological polar surface area (TPSA) is 78.1 Å². The van der Waals surface area contributed by atoms with Gasteiger partial charge in [0.25, 0.3) is 5.56 Å². The molecular weight excluding hydrogens is 533 g/mol. The summed E-state index contributed by atoms with van der Waals surface area (Å²) in [5.74, 6) is -3.62. The second-order valence-corrected chi connectivity index (χ2v) is 9.25. The predicted octanol–water partition coefficient (Wildman–Crippen LogP) is 5.45. The van der Waals surface area contributed by atoms with Gasteiger partial charge in [0.05, 0.1) is 11.1 Å². The number of carbonyl (C=O) groups is 1. The number of aromatic amines is 1. The first-order valence-corrected chi connectivity index (χ1v) is 11.9. The minimum atomic E-state index is -5.17. The van der Waals surface area contributed by atoms with Gasteiger partial charge in [-0.3, -0.25) is 9.59 Å². The van der Waals surface area contributed by atoms with Gasteiger partial charge in [-0.15, -0.1) is 0 Å². The van der Waals surface area contributed by atoms with E-state index in [4.69, 9.17) is 0 Å². The fourth-order valence-electron chi connectivity index (χ4n) is 4.43. The molecule has 0 radical (unpaired) electrons. The number of aromatic nitrogens is 2. The zero-order valence-corrected chi connectivity index (χ0v) is 20.5. The number of rotatable bonds is 5. The summed E-state index contributed by atoms with van der Waals surface area (Å²) in [5, 5.41) is 2.50. The molecule has 1 amide bonds. The van der Waals surface area contributed by atoms with E-state index >= 15 is 4.39 Å². The number of aryl methyl sites for hydroxylation is 1. The highest BCUT2D eigenvalue weighted by Gasteiger charge is 2.38. The van der Waals surface area contributed by atoms with Gasteiger partial charge in [0.1, 0.15) is 11.6 Å². The molecular formula is C26H23F7N4O2. The molecule has 0 aliphatic carbocycles. The molecule has 1 aliphatic rings. The summed E-state index contributed by atoms with van der Waals surface area (Å²) >= 11 is 0. The molecule has 0 atom stereocenters. The van der Waals surface area contributed by atoms with Gasteiger partial charge in [0, 0.05) is 42.9 Å². The quantitative estimate of drug-likeness (QED) is 0.410. The monoisotopic (exact) mass is 556 g/mol. The van der Waals surface area contributed by atoms with Crippen LogP contribution in [0.4, 0.5) is 36.4 Å². The summed E-state index contributed by atoms with van der Waals surface area (Å²) in [6, 6.07) is 9.23. The van der Waals surface area contributed by atoms with E-state index < -0.39 is 70.3 Å². The number of halogens is 7. The molecule has 13 heteroatoms. The zero-order chi connectivity index (χ0) is 28.5. The number of piperidine rings is 1. The highest BCUT2D eigenvalue weighted by molar-refractivity contribution is 5.79. The average Bonchev–Trinajstić information content (AvgIpc) is 2.86. The third-order valence-corrected chi connectivity index (χ3v) is 6.51. The van der Waals surface area contributed by atoms with Gasteiger partial charge in [-0.2, -0.15) is 26.3 Å². The summed E-state index contributed by atoms with van der Waals surface area (Å²) in [6.45, 7) is 2.64. The van der Waals surface area contributed by atoms with Gasteiger partial charge in [-0.05, 0) is 38.0 Å². The number of benzene rings is 2. The Hall–Kier alpha value is -3.90. The number of nitrogens with zero attached hydrogens (tertiary/aromatic N) is 2. The molecule has 0 bridgehead atoms. The molecule has 39 heavy (non-hydrogen) atoms. The number of carbonyl (C=O) groups excluding carboxylic acids is 1. The second-order valence-electron chi connectivity index (χ2n) is 9.25. The van der Waals surface area contributed by atoms with Gasteiger partial charge >= 0.3 is 12.4 Å². The van der Waals surface area contributed by atoms with E-state index in [-0.39, 0.29) is 6.07 Å². The Morgan fingerprint density at radius 3 is 2.26 bits per heavy atom. The highest BCUT2D eigenvalue weighted by Crippen LogP contribution is 2.39. The fraction of sp³-hybridized carbons (Fsp3) is 0.346. The molecule has 6 nitrogen and oxygen atoms in total. The molecule has 4 rings (SSSR count). The lowest BCUT2D eigenvalue weighted by Gasteiger charge is -2.33. The molecule has 2 aromatic carbocycles. The summed E-state index contributed by atoms with van der Waals surface area (Å²) in [6.07, 6.45) is -9.33. The van der Waals surface area contributed by atoms with E-state index in [1.807, 2.05) is 31.2 Å². The predicted molar refractivity (Wildman–Crippen MR) is 128 cm³/mol. The molecule has 1 aliphatic heterocycles. The first-order chi connectivity index (χ1) is 18.2. The van der Waals surface area contributed by atoms with E-state index in [1.54, 1.807) is 4.98 Å². The van der Waals surface area contributed by atoms with Crippen LogP contribution in [0.25, 0.3) is 11.4 Å². The van der Waals surface area contributed by atoms with Crippen LogP contribution < -0.4 is 15.8 Å². The lowest BCUT2D eigenvalue weighted by molar-refractivity contribution is -0.141. The van der Waals surface area contributed by atoms with Crippen molar-refractivity contribution in [3.8, 4) is 11.4 Å². The maximum absolute atomic E-state index is 15.4. The van der Waals surface area contributed by atoms with Crippen LogP contribution in [-0.4, -0.2) is 29.0 Å². The molecule has 0 saturated carbocycles. The number of hydrogen-bond acceptors (Lipinski definition) is 4. The van der Waals surface area contributed by atoms with E-state index in [2.05, 4.69) is 15.2 Å². The Labute approximate surface area is 217 Å². The maximum atomic E-state index is 15.4. The first kappa shape index (κ1) is 28.1. The van der Waals surface area contributed by atoms with Crippen molar-refractivity contribution in [1.29, 1.82) is 0 Å². The van der Waals surface area contributed by atoms with Crippen LogP contribution in [0.15, 0.2) is 47.3 Å². The van der Waals surface area contributed by atoms with E-state index in [0.717, 1.165) is 17.3 Å². The maximum Gasteiger partial charge on any atom is 0.433 e. The van der Waals surface area contributed by atoms with E-state index in [0.29, 0.717) is 32.0 Å². The third-order valence-electron chi connectivity index (χ3n) is 6.51. The van der Waals surface area contributed by atoms with Gasteiger partial charge in [0.15, 0.2) is 5.69 Å². The Balaban J connectivity index is 1.53. The standard InChI is InChI=1S/C26H23F7N4O2/c1-14-2-5-17(6-3-14)37-10-8-15(9-11-37)24(39)34-13-16-4-7-18(25(28,29)30)21(22(16)27)23-35-19(26(31,32)33)12-20(38)36-23/h2-7,12,15H,8-11,13H2,1H3,(H,34,39)(H,35,36,38). The number of nitrogens with one attached hydrogen (secondary N) is 2. The molecule has 208 valence electrons. The number of amides is 1. The summed E-state index contributed by atoms with van der Waals surface area (Å²) in [4.78, 5) is 31.4. The highest BCUT2D eigenvalue weighted by atomic mass is 19.4. The van der Waals surface area contributed by atoms with Gasteiger partial charge in [-0.1, -0.05) is 23.8 Å². The van der Waals surface area contributed by atoms with Crippen molar-refractivity contribution in [3.63, 3.8) is 0 Å². The molecule has 1 fully saturated rings. The summed E-state index contributed by atoms with van der Waals surface area (Å²) < 4.78 is 95.6. The molecule has 3 aromatic rings. The molecule has 1 saturated heterocycles. The van der Waals surface area contributed by atoms with Gasteiger partial charge < -0.3 is 15.2 Å². The van der Waals surface area contributed by atoms with Crippen LogP contribution >= 0.6 is 0 Å². The largest absolute Gasteiger partial charge is 0.433 e. The van der Waals surface area contributed by atoms with E-state index in [1.165, 1.54) is 0 Å². The van der Waals surface area contributed by atoms with Crippen molar-refractivity contribution < 1.29 is 35.5 Å². The smallest absolute Gasteiger partial charge is 0.371 e. The Kier molecular flexibility index (Phi) is 7.71. The van der Waals surface area contributed by atoms with Crippen LogP contribution in [0.3, 0.4) is 0 Å². The molecule has 2 heterocycles. The Morgan fingerprint density at radius 2 is 1.67 bits per heavy atom. The lowest BCUT2D eigenvalue weighted by Crippen LogP contribution is -2.40. The Bertz CT molecular complexity index is 1410. The first-order valence-electron chi connectivity index (χ1n) is 11.9. The minimum absolute atomic E-state index is 0.0584. The van der Waals surface area contributed by atoms with Crippen molar-refractivity contribution in [2.75, 3.05) is 18.0 Å². The van der Waals surface area contributed by atoms with Gasteiger partial charge in [0.2, 0.25) is 5.91 Å². The van der Waals surface area contributed by atoms with Crippen LogP contribution in [0.1, 0.15) is 35.2 Å². The molecule has 1 aromatic heterocycles. The van der Waals surface area contributed by atoms with Crippen molar-refractivity contribution in [1.82, 2.24) is 15.3 Å². The normalized spacial score (nSPS) is 14.9. The molecule has 2 N–H and O–H groups in total. The average molecular weight is 556 g/mol. The van der Waals surface area contributed by atoms with Crippen molar-refractivity contribution in [2.24, 2.45) is 5.92 Å². The second kappa shape index (κ2) is 10.7. The van der Waals surface area contributed by atoms with Crippen molar-refractivity contribution in [2.45, 2.75) is 38.7 Å². The minimum Gasteiger partial charge on any atom is -0.371 e. The molecule has 0 unspecified atom stereocenters. The number of hydrogen-bond donors (Lipinski definition) is 2. The Morgan fingerprint density at radius 1 is 1.03 bits per heavy atom. The van der Waals surface area contributed by atoms with Crippen molar-refractivity contribution in [3.05, 3.63) is 81.0 Å². The number of anilines is 1. The lowest BCUT2D eigenvalue weighted by atomic mass is 9.95. The third kappa shape index (κ3) is 6.40. The van der Waals surface area contributed by atoms with Gasteiger partial charge in [-0.25, -0.2) is 9.37 Å². The molecule has 0 spiro atoms. The van der Waals surface area contributed by atoms with Crippen LogP contribution in [-0.2, 0) is 23.7 Å². The SMILES string of the molecule is Cc1ccc(N2CCC(C(=O)NCc3ccc(C(F)(F)F)c(-c4nc(C(F)(F)F)cc(=O)[nH]4)c3F)CC2)cc1. The van der Waals surface area contributed by atoms with Crippen LogP contribution in [0, 0.1) is 18.7 Å². The number of H-pyrrole nitrogens is 1. The summed E-state index contributed by atoms with van der Waals surface area (Å²) in [7, 11) is 0. The zero-order valence-electron chi connectivity index (χ0n) is 20.5.